The molecule has 4 aromatic rings. The highest BCUT2D eigenvalue weighted by Gasteiger charge is 2.16. The maximum Gasteiger partial charge on any atom is 0.284 e. The van der Waals surface area contributed by atoms with Gasteiger partial charge in [0.05, 0.1) is 15.8 Å². The van der Waals surface area contributed by atoms with E-state index < -0.39 is 5.91 Å². The molecule has 0 aliphatic carbocycles. The fourth-order valence-electron chi connectivity index (χ4n) is 3.21. The first-order valence-corrected chi connectivity index (χ1v) is 9.89. The molecule has 2 amide bonds. The molecule has 0 radical (unpaired) electrons. The standard InChI is InChI=1S/C22H19N3O3S/c1-13(24-21(26)19-7-8-20(29-19)22(27)25-28)14-3-2-4-15(11-14)16-5-6-18-17(12-16)9-10-23-18/h2-13,23,28H,1H3,(H,24,26)(H,25,27). The van der Waals surface area contributed by atoms with Gasteiger partial charge in [0, 0.05) is 11.7 Å². The van der Waals surface area contributed by atoms with Crippen LogP contribution in [0, 0.1) is 0 Å². The normalized spacial score (nSPS) is 11.9. The van der Waals surface area contributed by atoms with Crippen LogP contribution in [-0.2, 0) is 0 Å². The first kappa shape index (κ1) is 18.9. The number of carbonyl (C=O) groups is 2. The van der Waals surface area contributed by atoms with Gasteiger partial charge in [-0.3, -0.25) is 14.8 Å². The molecule has 0 fully saturated rings. The highest BCUT2D eigenvalue weighted by Crippen LogP contribution is 2.27. The van der Waals surface area contributed by atoms with E-state index in [-0.39, 0.29) is 16.8 Å². The Balaban J connectivity index is 1.52. The zero-order chi connectivity index (χ0) is 20.4. The van der Waals surface area contributed by atoms with Crippen LogP contribution in [0.4, 0.5) is 0 Å². The first-order valence-electron chi connectivity index (χ1n) is 9.08. The van der Waals surface area contributed by atoms with Gasteiger partial charge < -0.3 is 10.3 Å². The molecule has 0 saturated carbocycles. The molecule has 2 aromatic carbocycles. The van der Waals surface area contributed by atoms with E-state index in [2.05, 4.69) is 34.6 Å². The molecule has 6 nitrogen and oxygen atoms in total. The van der Waals surface area contributed by atoms with Crippen LogP contribution in [-0.4, -0.2) is 22.0 Å². The van der Waals surface area contributed by atoms with Crippen molar-refractivity contribution in [1.29, 1.82) is 0 Å². The highest BCUT2D eigenvalue weighted by atomic mass is 32.1. The molecular weight excluding hydrogens is 386 g/mol. The van der Waals surface area contributed by atoms with Crippen molar-refractivity contribution in [2.24, 2.45) is 0 Å². The number of aromatic amines is 1. The van der Waals surface area contributed by atoms with E-state index in [4.69, 9.17) is 5.21 Å². The zero-order valence-corrected chi connectivity index (χ0v) is 16.4. The predicted molar refractivity (Wildman–Crippen MR) is 113 cm³/mol. The Bertz CT molecular complexity index is 1190. The zero-order valence-electron chi connectivity index (χ0n) is 15.6. The molecule has 0 bridgehead atoms. The Morgan fingerprint density at radius 1 is 0.966 bits per heavy atom. The maximum atomic E-state index is 12.5. The molecule has 4 rings (SSSR count). The summed E-state index contributed by atoms with van der Waals surface area (Å²) in [7, 11) is 0. The predicted octanol–water partition coefficient (Wildman–Crippen LogP) is 4.51. The van der Waals surface area contributed by atoms with Crippen LogP contribution in [0.1, 0.15) is 37.9 Å². The number of amides is 2. The van der Waals surface area contributed by atoms with Crippen LogP contribution in [0.25, 0.3) is 22.0 Å². The number of H-pyrrole nitrogens is 1. The third-order valence-electron chi connectivity index (χ3n) is 4.78. The highest BCUT2D eigenvalue weighted by molar-refractivity contribution is 7.15. The topological polar surface area (TPSA) is 94.2 Å². The molecule has 0 saturated heterocycles. The number of thiophene rings is 1. The van der Waals surface area contributed by atoms with Crippen molar-refractivity contribution in [2.45, 2.75) is 13.0 Å². The third-order valence-corrected chi connectivity index (χ3v) is 5.86. The minimum atomic E-state index is -0.630. The fraction of sp³-hybridized carbons (Fsp3) is 0.0909. The van der Waals surface area contributed by atoms with Gasteiger partial charge in [-0.15, -0.1) is 11.3 Å². The Labute approximate surface area is 171 Å². The quantitative estimate of drug-likeness (QED) is 0.291. The van der Waals surface area contributed by atoms with E-state index in [1.165, 1.54) is 6.07 Å². The summed E-state index contributed by atoms with van der Waals surface area (Å²) in [6.45, 7) is 1.92. The summed E-state index contributed by atoms with van der Waals surface area (Å²) in [5.74, 6) is -0.896. The van der Waals surface area contributed by atoms with Crippen molar-refractivity contribution in [3.63, 3.8) is 0 Å². The second-order valence-corrected chi connectivity index (χ2v) is 7.79. The lowest BCUT2D eigenvalue weighted by molar-refractivity contribution is 0.0711. The minimum absolute atomic E-state index is 0.212. The van der Waals surface area contributed by atoms with Crippen LogP contribution < -0.4 is 10.8 Å². The molecule has 2 aromatic heterocycles. The number of aromatic nitrogens is 1. The summed E-state index contributed by atoms with van der Waals surface area (Å²) >= 11 is 1.03. The molecule has 2 heterocycles. The number of carbonyl (C=O) groups excluding carboxylic acids is 2. The Hall–Kier alpha value is -3.42. The average molecular weight is 405 g/mol. The summed E-state index contributed by atoms with van der Waals surface area (Å²) in [4.78, 5) is 27.8. The fourth-order valence-corrected chi connectivity index (χ4v) is 4.01. The Kier molecular flexibility index (Phi) is 5.16. The van der Waals surface area contributed by atoms with Crippen molar-refractivity contribution >= 4 is 34.1 Å². The van der Waals surface area contributed by atoms with E-state index in [0.29, 0.717) is 4.88 Å². The van der Waals surface area contributed by atoms with Gasteiger partial charge in [-0.05, 0) is 65.4 Å². The summed E-state index contributed by atoms with van der Waals surface area (Å²) in [5.41, 5.74) is 5.82. The lowest BCUT2D eigenvalue weighted by atomic mass is 9.99. The number of benzene rings is 2. The van der Waals surface area contributed by atoms with Gasteiger partial charge in [0.1, 0.15) is 0 Å². The maximum absolute atomic E-state index is 12.5. The Morgan fingerprint density at radius 3 is 2.52 bits per heavy atom. The molecular formula is C22H19N3O3S. The van der Waals surface area contributed by atoms with Crippen molar-refractivity contribution in [3.8, 4) is 11.1 Å². The van der Waals surface area contributed by atoms with Crippen LogP contribution in [0.2, 0.25) is 0 Å². The van der Waals surface area contributed by atoms with Crippen molar-refractivity contribution in [2.75, 3.05) is 0 Å². The molecule has 29 heavy (non-hydrogen) atoms. The first-order chi connectivity index (χ1) is 14.0. The number of hydrogen-bond acceptors (Lipinski definition) is 4. The number of nitrogens with one attached hydrogen (secondary N) is 3. The molecule has 0 spiro atoms. The number of hydroxylamine groups is 1. The van der Waals surface area contributed by atoms with E-state index in [9.17, 15) is 9.59 Å². The van der Waals surface area contributed by atoms with Gasteiger partial charge in [-0.1, -0.05) is 24.3 Å². The average Bonchev–Trinajstić information content (AvgIpc) is 3.42. The minimum Gasteiger partial charge on any atom is -0.361 e. The molecule has 0 aliphatic heterocycles. The van der Waals surface area contributed by atoms with E-state index in [1.54, 1.807) is 11.5 Å². The largest absolute Gasteiger partial charge is 0.361 e. The van der Waals surface area contributed by atoms with Crippen molar-refractivity contribution in [1.82, 2.24) is 15.8 Å². The lowest BCUT2D eigenvalue weighted by Gasteiger charge is -2.15. The summed E-state index contributed by atoms with van der Waals surface area (Å²) in [6.07, 6.45) is 1.92. The molecule has 4 N–H and O–H groups in total. The molecule has 1 atom stereocenters. The summed E-state index contributed by atoms with van der Waals surface area (Å²) in [5, 5.41) is 12.8. The second kappa shape index (κ2) is 7.90. The van der Waals surface area contributed by atoms with E-state index in [1.807, 2.05) is 37.4 Å². The SMILES string of the molecule is CC(NC(=O)c1ccc(C(=O)NO)s1)c1cccc(-c2ccc3[nH]ccc3c2)c1. The van der Waals surface area contributed by atoms with Gasteiger partial charge >= 0.3 is 0 Å². The van der Waals surface area contributed by atoms with Gasteiger partial charge in [-0.25, -0.2) is 5.48 Å². The van der Waals surface area contributed by atoms with Crippen LogP contribution in [0.15, 0.2) is 66.9 Å². The van der Waals surface area contributed by atoms with E-state index >= 15 is 0 Å². The molecule has 0 aliphatic rings. The van der Waals surface area contributed by atoms with Crippen LogP contribution >= 0.6 is 11.3 Å². The lowest BCUT2D eigenvalue weighted by Crippen LogP contribution is -2.25. The van der Waals surface area contributed by atoms with Gasteiger partial charge in [-0.2, -0.15) is 0 Å². The third kappa shape index (κ3) is 3.91. The summed E-state index contributed by atoms with van der Waals surface area (Å²) in [6, 6.07) is 19.2. The van der Waals surface area contributed by atoms with Crippen LogP contribution in [0.5, 0.6) is 0 Å². The Morgan fingerprint density at radius 2 is 1.72 bits per heavy atom. The second-order valence-electron chi connectivity index (χ2n) is 6.71. The number of fused-ring (bicyclic) bond motifs is 1. The van der Waals surface area contributed by atoms with Crippen molar-refractivity contribution < 1.29 is 14.8 Å². The molecule has 1 unspecified atom stereocenters. The molecule has 146 valence electrons. The van der Waals surface area contributed by atoms with Gasteiger partial charge in [0.15, 0.2) is 0 Å². The smallest absolute Gasteiger partial charge is 0.284 e. The monoisotopic (exact) mass is 405 g/mol. The number of rotatable bonds is 5. The van der Waals surface area contributed by atoms with Gasteiger partial charge in [0.2, 0.25) is 0 Å². The van der Waals surface area contributed by atoms with Crippen molar-refractivity contribution in [3.05, 3.63) is 82.2 Å². The van der Waals surface area contributed by atoms with Gasteiger partial charge in [0.25, 0.3) is 11.8 Å². The number of hydrogen-bond donors (Lipinski definition) is 4. The van der Waals surface area contributed by atoms with E-state index in [0.717, 1.165) is 38.9 Å². The molecule has 7 heteroatoms. The van der Waals surface area contributed by atoms with Crippen LogP contribution in [0.3, 0.4) is 0 Å². The summed E-state index contributed by atoms with van der Waals surface area (Å²) < 4.78 is 0.